The number of nitrogens with one attached hydrogen (secondary N) is 1. The number of hydrogen-bond acceptors (Lipinski definition) is 2. The van der Waals surface area contributed by atoms with Crippen molar-refractivity contribution in [3.8, 4) is 11.1 Å². The molecule has 1 N–H and O–H groups in total. The molecule has 0 bridgehead atoms. The zero-order valence-electron chi connectivity index (χ0n) is 15.4. The average molecular weight is 373 g/mol. The summed E-state index contributed by atoms with van der Waals surface area (Å²) in [7, 11) is 0. The number of aromatic nitrogens is 3. The van der Waals surface area contributed by atoms with E-state index in [4.69, 9.17) is 9.40 Å². The van der Waals surface area contributed by atoms with E-state index in [0.29, 0.717) is 0 Å². The maximum Gasteiger partial charge on any atom is 0.213 e. The standard InChI is InChI=1S/C25H15N3O/c1-4-11-22-17(6-1)18-14-15(12-13-23(18)29-22)16-7-5-10-21-24(16)27-25-26-19-8-2-3-9-20(19)28(21)25/h1-14H,(H,26,27). The number of aromatic amines is 1. The van der Waals surface area contributed by atoms with Gasteiger partial charge in [-0.15, -0.1) is 0 Å². The van der Waals surface area contributed by atoms with Crippen LogP contribution in [-0.2, 0) is 0 Å². The van der Waals surface area contributed by atoms with Crippen molar-refractivity contribution < 1.29 is 4.42 Å². The lowest BCUT2D eigenvalue weighted by Crippen LogP contribution is -1.83. The second-order valence-electron chi connectivity index (χ2n) is 7.40. The first-order valence-electron chi connectivity index (χ1n) is 9.66. The minimum absolute atomic E-state index is 0.864. The average Bonchev–Trinajstić information content (AvgIpc) is 3.42. The van der Waals surface area contributed by atoms with Gasteiger partial charge in [-0.2, -0.15) is 0 Å². The molecule has 3 heterocycles. The number of H-pyrrole nitrogens is 1. The summed E-state index contributed by atoms with van der Waals surface area (Å²) in [4.78, 5) is 8.38. The fourth-order valence-electron chi connectivity index (χ4n) is 4.45. The molecule has 136 valence electrons. The summed E-state index contributed by atoms with van der Waals surface area (Å²) < 4.78 is 8.18. The van der Waals surface area contributed by atoms with Crippen LogP contribution in [-0.4, -0.2) is 14.4 Å². The molecule has 0 aliphatic heterocycles. The van der Waals surface area contributed by atoms with Crippen molar-refractivity contribution in [3.05, 3.63) is 84.9 Å². The molecule has 0 aliphatic rings. The number of hydrogen-bond donors (Lipinski definition) is 1. The summed E-state index contributed by atoms with van der Waals surface area (Å²) in [6.45, 7) is 0. The van der Waals surface area contributed by atoms with Crippen LogP contribution >= 0.6 is 0 Å². The van der Waals surface area contributed by atoms with Crippen LogP contribution in [0.3, 0.4) is 0 Å². The van der Waals surface area contributed by atoms with Gasteiger partial charge < -0.3 is 9.40 Å². The molecule has 4 aromatic carbocycles. The van der Waals surface area contributed by atoms with E-state index < -0.39 is 0 Å². The Balaban J connectivity index is 1.55. The van der Waals surface area contributed by atoms with Crippen LogP contribution in [0.5, 0.6) is 0 Å². The Hall–Kier alpha value is -4.05. The summed E-state index contributed by atoms with van der Waals surface area (Å²) in [6.07, 6.45) is 0. The summed E-state index contributed by atoms with van der Waals surface area (Å²) in [5, 5.41) is 2.27. The van der Waals surface area contributed by atoms with Crippen LogP contribution in [0, 0.1) is 0 Å². The van der Waals surface area contributed by atoms with Crippen molar-refractivity contribution in [1.29, 1.82) is 0 Å². The first kappa shape index (κ1) is 14.9. The molecule has 3 aromatic heterocycles. The summed E-state index contributed by atoms with van der Waals surface area (Å²) in [5.74, 6) is 0.864. The highest BCUT2D eigenvalue weighted by molar-refractivity contribution is 6.07. The lowest BCUT2D eigenvalue weighted by atomic mass is 10.0. The number of furan rings is 1. The Morgan fingerprint density at radius 2 is 1.55 bits per heavy atom. The smallest absolute Gasteiger partial charge is 0.213 e. The highest BCUT2D eigenvalue weighted by Crippen LogP contribution is 2.35. The van der Waals surface area contributed by atoms with E-state index in [1.807, 2.05) is 24.3 Å². The number of imidazole rings is 2. The van der Waals surface area contributed by atoms with Crippen LogP contribution in [0.25, 0.3) is 60.9 Å². The van der Waals surface area contributed by atoms with Crippen molar-refractivity contribution in [2.45, 2.75) is 0 Å². The number of nitrogens with zero attached hydrogens (tertiary/aromatic N) is 2. The Kier molecular flexibility index (Phi) is 2.71. The van der Waals surface area contributed by atoms with Gasteiger partial charge in [0.2, 0.25) is 5.78 Å². The molecule has 4 nitrogen and oxygen atoms in total. The van der Waals surface area contributed by atoms with Gasteiger partial charge in [0.15, 0.2) is 0 Å². The molecule has 0 fully saturated rings. The minimum Gasteiger partial charge on any atom is -0.456 e. The molecule has 0 unspecified atom stereocenters. The Morgan fingerprint density at radius 1 is 0.724 bits per heavy atom. The maximum atomic E-state index is 5.99. The molecule has 0 amide bonds. The van der Waals surface area contributed by atoms with E-state index in [-0.39, 0.29) is 0 Å². The monoisotopic (exact) mass is 373 g/mol. The predicted octanol–water partition coefficient (Wildman–Crippen LogP) is 6.54. The zero-order valence-corrected chi connectivity index (χ0v) is 15.4. The van der Waals surface area contributed by atoms with Crippen LogP contribution in [0.4, 0.5) is 0 Å². The second kappa shape index (κ2) is 5.26. The third kappa shape index (κ3) is 1.95. The predicted molar refractivity (Wildman–Crippen MR) is 117 cm³/mol. The SMILES string of the molecule is c1ccc2c(c1)[nH]c1nc3c(-c4ccc5oc6ccccc6c5c4)cccc3n12. The molecule has 0 atom stereocenters. The summed E-state index contributed by atoms with van der Waals surface area (Å²) >= 11 is 0. The topological polar surface area (TPSA) is 46.2 Å². The van der Waals surface area contributed by atoms with Gasteiger partial charge in [0.25, 0.3) is 0 Å². The van der Waals surface area contributed by atoms with Gasteiger partial charge in [-0.05, 0) is 42.0 Å². The van der Waals surface area contributed by atoms with Gasteiger partial charge in [-0.25, -0.2) is 4.98 Å². The van der Waals surface area contributed by atoms with Crippen molar-refractivity contribution >= 4 is 49.8 Å². The van der Waals surface area contributed by atoms with Crippen LogP contribution in [0.15, 0.2) is 89.3 Å². The lowest BCUT2D eigenvalue weighted by molar-refractivity contribution is 0.669. The van der Waals surface area contributed by atoms with Crippen LogP contribution < -0.4 is 0 Å². The normalized spacial score (nSPS) is 12.1. The van der Waals surface area contributed by atoms with Gasteiger partial charge in [0.05, 0.1) is 22.1 Å². The molecule has 0 saturated carbocycles. The van der Waals surface area contributed by atoms with Gasteiger partial charge >= 0.3 is 0 Å². The van der Waals surface area contributed by atoms with Crippen LogP contribution in [0.2, 0.25) is 0 Å². The van der Waals surface area contributed by atoms with Crippen molar-refractivity contribution in [2.75, 3.05) is 0 Å². The number of benzene rings is 4. The Morgan fingerprint density at radius 3 is 2.55 bits per heavy atom. The molecule has 29 heavy (non-hydrogen) atoms. The van der Waals surface area contributed by atoms with Gasteiger partial charge in [-0.3, -0.25) is 4.40 Å². The minimum atomic E-state index is 0.864. The molecule has 0 spiro atoms. The Labute approximate surface area is 165 Å². The largest absolute Gasteiger partial charge is 0.456 e. The fourth-order valence-corrected chi connectivity index (χ4v) is 4.45. The summed E-state index contributed by atoms with van der Waals surface area (Å²) in [6, 6.07) is 29.2. The van der Waals surface area contributed by atoms with Gasteiger partial charge in [0, 0.05) is 16.3 Å². The third-order valence-corrected chi connectivity index (χ3v) is 5.76. The van der Waals surface area contributed by atoms with E-state index in [0.717, 1.165) is 60.9 Å². The van der Waals surface area contributed by atoms with E-state index in [2.05, 4.69) is 70.0 Å². The second-order valence-corrected chi connectivity index (χ2v) is 7.40. The van der Waals surface area contributed by atoms with Crippen LogP contribution in [0.1, 0.15) is 0 Å². The molecular formula is C25H15N3O. The highest BCUT2D eigenvalue weighted by atomic mass is 16.3. The molecule has 0 aliphatic carbocycles. The molecule has 7 aromatic rings. The van der Waals surface area contributed by atoms with E-state index in [1.54, 1.807) is 0 Å². The van der Waals surface area contributed by atoms with Gasteiger partial charge in [-0.1, -0.05) is 48.5 Å². The quantitative estimate of drug-likeness (QED) is 0.355. The molecule has 0 radical (unpaired) electrons. The molecule has 7 rings (SSSR count). The molecular weight excluding hydrogens is 358 g/mol. The zero-order chi connectivity index (χ0) is 18.9. The van der Waals surface area contributed by atoms with E-state index in [9.17, 15) is 0 Å². The first-order chi connectivity index (χ1) is 14.4. The molecule has 4 heteroatoms. The summed E-state index contributed by atoms with van der Waals surface area (Å²) in [5.41, 5.74) is 8.41. The number of para-hydroxylation sites is 4. The first-order valence-corrected chi connectivity index (χ1v) is 9.66. The fraction of sp³-hybridized carbons (Fsp3) is 0. The lowest BCUT2D eigenvalue weighted by Gasteiger charge is -2.04. The van der Waals surface area contributed by atoms with Crippen molar-refractivity contribution in [1.82, 2.24) is 14.4 Å². The number of fused-ring (bicyclic) bond motifs is 8. The van der Waals surface area contributed by atoms with Crippen molar-refractivity contribution in [2.24, 2.45) is 0 Å². The van der Waals surface area contributed by atoms with E-state index in [1.165, 1.54) is 0 Å². The van der Waals surface area contributed by atoms with Crippen molar-refractivity contribution in [3.63, 3.8) is 0 Å². The van der Waals surface area contributed by atoms with Gasteiger partial charge in [0.1, 0.15) is 11.2 Å². The third-order valence-electron chi connectivity index (χ3n) is 5.76. The van der Waals surface area contributed by atoms with E-state index >= 15 is 0 Å². The highest BCUT2D eigenvalue weighted by Gasteiger charge is 2.15. The number of rotatable bonds is 1. The Bertz CT molecular complexity index is 1710. The molecule has 0 saturated heterocycles. The maximum absolute atomic E-state index is 5.99.